The summed E-state index contributed by atoms with van der Waals surface area (Å²) < 4.78 is 10.1. The van der Waals surface area contributed by atoms with Crippen LogP contribution < -0.4 is 20.1 Å². The van der Waals surface area contributed by atoms with Crippen LogP contribution in [-0.2, 0) is 4.79 Å². The Morgan fingerprint density at radius 3 is 1.85 bits per heavy atom. The molecule has 39 heavy (non-hydrogen) atoms. The third kappa shape index (κ3) is 18.3. The second kappa shape index (κ2) is 28.0. The van der Waals surface area contributed by atoms with Crippen molar-refractivity contribution in [1.82, 2.24) is 5.32 Å². The van der Waals surface area contributed by atoms with Crippen molar-refractivity contribution in [3.63, 3.8) is 0 Å². The highest BCUT2D eigenvalue weighted by Gasteiger charge is 2.08. The Morgan fingerprint density at radius 1 is 0.846 bits per heavy atom. The highest BCUT2D eigenvalue weighted by atomic mass is 16.5. The van der Waals surface area contributed by atoms with Crippen LogP contribution in [0.5, 0.6) is 11.5 Å². The first-order chi connectivity index (χ1) is 18.9. The summed E-state index contributed by atoms with van der Waals surface area (Å²) in [6.07, 6.45) is 12.4. The summed E-state index contributed by atoms with van der Waals surface area (Å²) in [7, 11) is 4.67. The number of rotatable bonds is 8. The molecule has 0 fully saturated rings. The lowest BCUT2D eigenvalue weighted by Crippen LogP contribution is -2.17. The lowest BCUT2D eigenvalue weighted by Gasteiger charge is -2.08. The fraction of sp³-hybridized carbons (Fsp3) is 0.212. The minimum Gasteiger partial charge on any atom is -0.493 e. The standard InChI is InChI=1S/C14H15NO.C10H13NO3.C5H8.C2H6.C2H4/c1-3-8-12(9-4-2)14(16)15-13-10-6-5-7-11-13;1-11-10(12)7-4-5-8(13-2)9(6-7)14-3;1-3-5-4-2;2*1-2/h3-11H,1H2,2H3,(H,15,16);4-6H,1-3H3,(H,11,12);3-5H,1H2,2H3;1-2H3;1-2H2/b9-4-,12-8+;;5-4-;;. The molecule has 0 aliphatic rings. The summed E-state index contributed by atoms with van der Waals surface area (Å²) in [6, 6.07) is 14.4. The van der Waals surface area contributed by atoms with Crippen molar-refractivity contribution in [3.05, 3.63) is 129 Å². The third-order valence-electron chi connectivity index (χ3n) is 4.14. The molecule has 2 N–H and O–H groups in total. The first kappa shape index (κ1) is 38.9. The van der Waals surface area contributed by atoms with E-state index in [9.17, 15) is 9.59 Å². The van der Waals surface area contributed by atoms with Crippen molar-refractivity contribution in [2.24, 2.45) is 0 Å². The first-order valence-electron chi connectivity index (χ1n) is 12.4. The molecule has 0 saturated heterocycles. The Bertz CT molecular complexity index is 1040. The number of hydrogen-bond acceptors (Lipinski definition) is 4. The van der Waals surface area contributed by atoms with E-state index in [1.54, 1.807) is 56.7 Å². The van der Waals surface area contributed by atoms with Crippen LogP contribution in [0.25, 0.3) is 0 Å². The van der Waals surface area contributed by atoms with E-state index in [4.69, 9.17) is 9.47 Å². The summed E-state index contributed by atoms with van der Waals surface area (Å²) in [5.41, 5.74) is 1.92. The number of amides is 2. The Labute approximate surface area is 236 Å². The topological polar surface area (TPSA) is 76.7 Å². The van der Waals surface area contributed by atoms with Gasteiger partial charge in [-0.05, 0) is 44.2 Å². The zero-order valence-corrected chi connectivity index (χ0v) is 24.6. The summed E-state index contributed by atoms with van der Waals surface area (Å²) in [4.78, 5) is 23.1. The highest BCUT2D eigenvalue weighted by molar-refractivity contribution is 6.05. The van der Waals surface area contributed by atoms with Crippen LogP contribution in [0.15, 0.2) is 123 Å². The van der Waals surface area contributed by atoms with Gasteiger partial charge in [0.1, 0.15) is 0 Å². The SMILES string of the molecule is C=C.C=C/C=C(\C=C/C)C(=O)Nc1ccccc1.C=C/C=C\C.CC.CNC(=O)c1ccc(OC)c(OC)c1. The minimum absolute atomic E-state index is 0.135. The molecule has 212 valence electrons. The van der Waals surface area contributed by atoms with Gasteiger partial charge in [-0.2, -0.15) is 0 Å². The van der Waals surface area contributed by atoms with Gasteiger partial charge in [0.25, 0.3) is 11.8 Å². The molecule has 0 atom stereocenters. The predicted octanol–water partition coefficient (Wildman–Crippen LogP) is 7.95. The van der Waals surface area contributed by atoms with Gasteiger partial charge < -0.3 is 20.1 Å². The van der Waals surface area contributed by atoms with Crippen LogP contribution >= 0.6 is 0 Å². The largest absolute Gasteiger partial charge is 0.493 e. The van der Waals surface area contributed by atoms with Gasteiger partial charge in [-0.15, -0.1) is 13.2 Å². The van der Waals surface area contributed by atoms with Gasteiger partial charge in [-0.25, -0.2) is 0 Å². The molecule has 2 amide bonds. The molecule has 0 radical (unpaired) electrons. The van der Waals surface area contributed by atoms with E-state index in [2.05, 4.69) is 36.9 Å². The summed E-state index contributed by atoms with van der Waals surface area (Å²) in [6.45, 7) is 20.9. The van der Waals surface area contributed by atoms with Crippen molar-refractivity contribution in [2.45, 2.75) is 27.7 Å². The number of methoxy groups -OCH3 is 2. The van der Waals surface area contributed by atoms with Crippen LogP contribution in [0.1, 0.15) is 38.1 Å². The van der Waals surface area contributed by atoms with Crippen molar-refractivity contribution in [1.29, 1.82) is 0 Å². The van der Waals surface area contributed by atoms with Gasteiger partial charge in [0.05, 0.1) is 14.2 Å². The van der Waals surface area contributed by atoms with Gasteiger partial charge >= 0.3 is 0 Å². The Balaban J connectivity index is -0.000000514. The fourth-order valence-electron chi connectivity index (χ4n) is 2.50. The number of carbonyl (C=O) groups is 2. The number of nitrogens with one attached hydrogen (secondary N) is 2. The van der Waals surface area contributed by atoms with Crippen LogP contribution in [-0.4, -0.2) is 33.1 Å². The lowest BCUT2D eigenvalue weighted by atomic mass is 10.2. The summed E-state index contributed by atoms with van der Waals surface area (Å²) >= 11 is 0. The molecule has 2 aromatic carbocycles. The second-order valence-electron chi connectivity index (χ2n) is 6.59. The molecule has 0 spiro atoms. The number of ether oxygens (including phenoxy) is 2. The van der Waals surface area contributed by atoms with Crippen molar-refractivity contribution in [3.8, 4) is 11.5 Å². The summed E-state index contributed by atoms with van der Waals surface area (Å²) in [5, 5.41) is 5.34. The van der Waals surface area contributed by atoms with Gasteiger partial charge in [-0.1, -0.05) is 87.7 Å². The Morgan fingerprint density at radius 2 is 1.44 bits per heavy atom. The third-order valence-corrected chi connectivity index (χ3v) is 4.14. The molecule has 6 nitrogen and oxygen atoms in total. The molecule has 0 bridgehead atoms. The number of allylic oxidation sites excluding steroid dienone is 6. The van der Waals surface area contributed by atoms with Gasteiger partial charge in [-0.3, -0.25) is 9.59 Å². The normalized spacial score (nSPS) is 9.46. The number of anilines is 1. The number of carbonyl (C=O) groups excluding carboxylic acids is 2. The lowest BCUT2D eigenvalue weighted by molar-refractivity contribution is -0.112. The second-order valence-corrected chi connectivity index (χ2v) is 6.59. The molecule has 0 unspecified atom stereocenters. The van der Waals surface area contributed by atoms with E-state index in [1.165, 1.54) is 7.11 Å². The average molecular weight is 535 g/mol. The maximum atomic E-state index is 11.8. The highest BCUT2D eigenvalue weighted by Crippen LogP contribution is 2.27. The van der Waals surface area contributed by atoms with E-state index in [0.29, 0.717) is 22.6 Å². The monoisotopic (exact) mass is 534 g/mol. The minimum atomic E-state index is -0.147. The molecule has 2 aromatic rings. The van der Waals surface area contributed by atoms with E-state index in [1.807, 2.05) is 76.3 Å². The quantitative estimate of drug-likeness (QED) is 0.205. The molecule has 0 aliphatic heterocycles. The average Bonchev–Trinajstić information content (AvgIpc) is 2.99. The van der Waals surface area contributed by atoms with Gasteiger partial charge in [0, 0.05) is 23.9 Å². The number of benzene rings is 2. The number of hydrogen-bond donors (Lipinski definition) is 2. The van der Waals surface area contributed by atoms with Gasteiger partial charge in [0.2, 0.25) is 0 Å². The molecule has 0 aliphatic carbocycles. The predicted molar refractivity (Wildman–Crippen MR) is 169 cm³/mol. The fourth-order valence-corrected chi connectivity index (χ4v) is 2.50. The van der Waals surface area contributed by atoms with Crippen molar-refractivity contribution >= 4 is 17.5 Å². The first-order valence-corrected chi connectivity index (χ1v) is 12.4. The van der Waals surface area contributed by atoms with Crippen LogP contribution in [0.4, 0.5) is 5.69 Å². The number of para-hydroxylation sites is 1. The van der Waals surface area contributed by atoms with Crippen LogP contribution in [0, 0.1) is 0 Å². The van der Waals surface area contributed by atoms with E-state index in [0.717, 1.165) is 5.69 Å². The zero-order chi connectivity index (χ0) is 30.5. The Hall–Kier alpha value is -4.58. The smallest absolute Gasteiger partial charge is 0.255 e. The molecule has 2 rings (SSSR count). The summed E-state index contributed by atoms with van der Waals surface area (Å²) in [5.74, 6) is 0.879. The molecular formula is C33H46N2O4. The molecule has 0 heterocycles. The molecule has 0 saturated carbocycles. The van der Waals surface area contributed by atoms with E-state index in [-0.39, 0.29) is 11.8 Å². The van der Waals surface area contributed by atoms with E-state index >= 15 is 0 Å². The van der Waals surface area contributed by atoms with Crippen molar-refractivity contribution < 1.29 is 19.1 Å². The zero-order valence-electron chi connectivity index (χ0n) is 24.6. The van der Waals surface area contributed by atoms with Crippen molar-refractivity contribution in [2.75, 3.05) is 26.6 Å². The molecular weight excluding hydrogens is 488 g/mol. The van der Waals surface area contributed by atoms with E-state index < -0.39 is 0 Å². The molecule has 0 aromatic heterocycles. The van der Waals surface area contributed by atoms with Gasteiger partial charge in [0.15, 0.2) is 11.5 Å². The maximum Gasteiger partial charge on any atom is 0.255 e. The molecule has 6 heteroatoms. The van der Waals surface area contributed by atoms with Crippen LogP contribution in [0.2, 0.25) is 0 Å². The maximum absolute atomic E-state index is 11.8. The van der Waals surface area contributed by atoms with Crippen LogP contribution in [0.3, 0.4) is 0 Å². The Kier molecular flexibility index (Phi) is 28.0.